The molecule has 0 aliphatic carbocycles. The van der Waals surface area contributed by atoms with E-state index < -0.39 is 12.1 Å². The number of nitrogens with zero attached hydrogens (tertiary/aromatic N) is 2. The summed E-state index contributed by atoms with van der Waals surface area (Å²) in [6.07, 6.45) is -3.40. The average Bonchev–Trinajstić information content (AvgIpc) is 2.46. The predicted octanol–water partition coefficient (Wildman–Crippen LogP) is 3.94. The number of Topliss-reactive ketones (excluding diaryl/α,β-unsaturated/α-hetero) is 1. The number of carbonyl (C=O) groups excluding carboxylic acids is 1. The summed E-state index contributed by atoms with van der Waals surface area (Å²) in [5, 5.41) is 0. The average molecular weight is 312 g/mol. The summed E-state index contributed by atoms with van der Waals surface area (Å²) < 4.78 is 40.6. The summed E-state index contributed by atoms with van der Waals surface area (Å²) in [6, 6.07) is 4.05. The maximum Gasteiger partial charge on any atom is 0.571 e. The van der Waals surface area contributed by atoms with Crippen molar-refractivity contribution in [1.82, 2.24) is 0 Å². The van der Waals surface area contributed by atoms with Crippen LogP contribution in [-0.4, -0.2) is 25.2 Å². The normalized spacial score (nSPS) is 16.2. The number of hydrogen-bond acceptors (Lipinski definition) is 3. The first-order chi connectivity index (χ1) is 10.3. The van der Waals surface area contributed by atoms with Gasteiger partial charge in [-0.1, -0.05) is 0 Å². The Morgan fingerprint density at radius 3 is 2.50 bits per heavy atom. The number of piperidine rings is 1. The molecule has 7 heteroatoms. The van der Waals surface area contributed by atoms with E-state index in [-0.39, 0.29) is 17.4 Å². The van der Waals surface area contributed by atoms with E-state index in [1.54, 1.807) is 6.92 Å². The maximum absolute atomic E-state index is 12.3. The zero-order chi connectivity index (χ0) is 16.3. The van der Waals surface area contributed by atoms with Gasteiger partial charge in [0, 0.05) is 24.7 Å². The van der Waals surface area contributed by atoms with Gasteiger partial charge in [-0.2, -0.15) is 0 Å². The molecule has 0 amide bonds. The molecular weight excluding hydrogens is 297 g/mol. The molecule has 1 saturated heterocycles. The summed E-state index contributed by atoms with van der Waals surface area (Å²) in [5.74, 6) is -0.287. The van der Waals surface area contributed by atoms with Crippen LogP contribution >= 0.6 is 0 Å². The van der Waals surface area contributed by atoms with E-state index in [0.717, 1.165) is 6.07 Å². The lowest BCUT2D eigenvalue weighted by atomic mass is 9.93. The number of anilines is 1. The van der Waals surface area contributed by atoms with Crippen molar-refractivity contribution in [2.75, 3.05) is 18.0 Å². The van der Waals surface area contributed by atoms with Crippen molar-refractivity contribution in [3.63, 3.8) is 0 Å². The van der Waals surface area contributed by atoms with Gasteiger partial charge in [-0.15, -0.1) is 13.2 Å². The molecule has 0 N–H and O–H groups in total. The zero-order valence-electron chi connectivity index (χ0n) is 12.0. The van der Waals surface area contributed by atoms with Gasteiger partial charge in [0.1, 0.15) is 11.5 Å². The van der Waals surface area contributed by atoms with Gasteiger partial charge in [-0.25, -0.2) is 4.85 Å². The number of benzene rings is 1. The summed E-state index contributed by atoms with van der Waals surface area (Å²) in [6.45, 7) is 9.86. The molecule has 1 fully saturated rings. The van der Waals surface area contributed by atoms with E-state index in [1.807, 2.05) is 4.90 Å². The standard InChI is InChI=1S/C15H15F3N2O2/c1-10(21)11-5-7-20(8-6-11)12-3-4-14(13(9-12)19-2)22-15(16,17)18/h3-4,9,11H,5-8H2,1H3. The number of ketones is 1. The van der Waals surface area contributed by atoms with Crippen LogP contribution in [0.15, 0.2) is 18.2 Å². The second kappa shape index (κ2) is 6.26. The van der Waals surface area contributed by atoms with Gasteiger partial charge in [0.25, 0.3) is 0 Å². The first kappa shape index (κ1) is 16.1. The summed E-state index contributed by atoms with van der Waals surface area (Å²) in [5.41, 5.74) is 0.492. The van der Waals surface area contributed by atoms with Gasteiger partial charge in [0.2, 0.25) is 5.69 Å². The van der Waals surface area contributed by atoms with Crippen LogP contribution in [0, 0.1) is 12.5 Å². The Kier molecular flexibility index (Phi) is 4.59. The molecule has 0 unspecified atom stereocenters. The van der Waals surface area contributed by atoms with Gasteiger partial charge < -0.3 is 9.64 Å². The van der Waals surface area contributed by atoms with Crippen molar-refractivity contribution in [3.8, 4) is 5.75 Å². The van der Waals surface area contributed by atoms with Gasteiger partial charge in [0.05, 0.1) is 6.57 Å². The Labute approximate surface area is 126 Å². The Bertz CT molecular complexity index is 600. The van der Waals surface area contributed by atoms with Crippen molar-refractivity contribution in [2.24, 2.45) is 5.92 Å². The van der Waals surface area contributed by atoms with Gasteiger partial charge >= 0.3 is 6.36 Å². The van der Waals surface area contributed by atoms with Gasteiger partial charge in [-0.3, -0.25) is 4.79 Å². The molecule has 0 saturated carbocycles. The number of carbonyl (C=O) groups is 1. The van der Waals surface area contributed by atoms with E-state index in [2.05, 4.69) is 9.58 Å². The first-order valence-electron chi connectivity index (χ1n) is 6.83. The molecule has 0 aromatic heterocycles. The molecule has 1 aromatic rings. The zero-order valence-corrected chi connectivity index (χ0v) is 12.0. The largest absolute Gasteiger partial charge is 0.571 e. The lowest BCUT2D eigenvalue weighted by Gasteiger charge is -2.33. The molecule has 1 aromatic carbocycles. The Morgan fingerprint density at radius 1 is 1.36 bits per heavy atom. The van der Waals surface area contributed by atoms with Crippen molar-refractivity contribution < 1.29 is 22.7 Å². The van der Waals surface area contributed by atoms with E-state index in [0.29, 0.717) is 31.6 Å². The van der Waals surface area contributed by atoms with Crippen LogP contribution in [0.1, 0.15) is 19.8 Å². The number of rotatable bonds is 3. The number of hydrogen-bond donors (Lipinski definition) is 0. The second-order valence-corrected chi connectivity index (χ2v) is 5.18. The predicted molar refractivity (Wildman–Crippen MR) is 75.0 cm³/mol. The summed E-state index contributed by atoms with van der Waals surface area (Å²) >= 11 is 0. The lowest BCUT2D eigenvalue weighted by Crippen LogP contribution is -2.35. The van der Waals surface area contributed by atoms with Crippen molar-refractivity contribution >= 4 is 17.2 Å². The minimum absolute atomic E-state index is 0.0458. The fraction of sp³-hybridized carbons (Fsp3) is 0.467. The molecule has 0 bridgehead atoms. The van der Waals surface area contributed by atoms with Crippen LogP contribution in [0.25, 0.3) is 4.85 Å². The maximum atomic E-state index is 12.3. The van der Waals surface area contributed by atoms with Crippen LogP contribution in [0.3, 0.4) is 0 Å². The molecule has 0 spiro atoms. The minimum Gasteiger partial charge on any atom is -0.418 e. The van der Waals surface area contributed by atoms with Gasteiger partial charge in [-0.05, 0) is 38.0 Å². The molecule has 2 rings (SSSR count). The molecule has 1 aliphatic heterocycles. The van der Waals surface area contributed by atoms with E-state index in [1.165, 1.54) is 12.1 Å². The molecule has 1 aliphatic rings. The highest BCUT2D eigenvalue weighted by Gasteiger charge is 2.32. The molecule has 22 heavy (non-hydrogen) atoms. The summed E-state index contributed by atoms with van der Waals surface area (Å²) in [7, 11) is 0. The Morgan fingerprint density at radius 2 is 2.00 bits per heavy atom. The molecule has 0 atom stereocenters. The Balaban J connectivity index is 2.14. The molecule has 4 nitrogen and oxygen atoms in total. The monoisotopic (exact) mass is 312 g/mol. The van der Waals surface area contributed by atoms with E-state index in [4.69, 9.17) is 6.57 Å². The van der Waals surface area contributed by atoms with Crippen LogP contribution in [0.2, 0.25) is 0 Å². The van der Waals surface area contributed by atoms with Gasteiger partial charge in [0.15, 0.2) is 0 Å². The third-order valence-electron chi connectivity index (χ3n) is 3.72. The number of ether oxygens (including phenoxy) is 1. The third-order valence-corrected chi connectivity index (χ3v) is 3.72. The van der Waals surface area contributed by atoms with E-state index >= 15 is 0 Å². The van der Waals surface area contributed by atoms with Crippen LogP contribution < -0.4 is 9.64 Å². The highest BCUT2D eigenvalue weighted by atomic mass is 19.4. The quantitative estimate of drug-likeness (QED) is 0.793. The van der Waals surface area contributed by atoms with Crippen molar-refractivity contribution in [1.29, 1.82) is 0 Å². The van der Waals surface area contributed by atoms with Crippen LogP contribution in [0.5, 0.6) is 5.75 Å². The van der Waals surface area contributed by atoms with Crippen LogP contribution in [0.4, 0.5) is 24.5 Å². The molecular formula is C15H15F3N2O2. The fourth-order valence-corrected chi connectivity index (χ4v) is 2.55. The van der Waals surface area contributed by atoms with Crippen molar-refractivity contribution in [2.45, 2.75) is 26.1 Å². The van der Waals surface area contributed by atoms with Crippen molar-refractivity contribution in [3.05, 3.63) is 29.6 Å². The number of halogens is 3. The molecule has 1 heterocycles. The molecule has 118 valence electrons. The first-order valence-corrected chi connectivity index (χ1v) is 6.83. The highest BCUT2D eigenvalue weighted by molar-refractivity contribution is 5.78. The second-order valence-electron chi connectivity index (χ2n) is 5.18. The topological polar surface area (TPSA) is 33.9 Å². The Hall–Kier alpha value is -2.23. The highest BCUT2D eigenvalue weighted by Crippen LogP contribution is 2.36. The molecule has 0 radical (unpaired) electrons. The van der Waals surface area contributed by atoms with Crippen LogP contribution in [-0.2, 0) is 4.79 Å². The number of alkyl halides is 3. The smallest absolute Gasteiger partial charge is 0.418 e. The van der Waals surface area contributed by atoms with E-state index in [9.17, 15) is 18.0 Å². The third kappa shape index (κ3) is 3.91. The SMILES string of the molecule is [C-]#[N+]c1cc(N2CCC(C(C)=O)CC2)ccc1OC(F)(F)F. The lowest BCUT2D eigenvalue weighted by molar-refractivity contribution is -0.274. The minimum atomic E-state index is -4.82. The summed E-state index contributed by atoms with van der Waals surface area (Å²) in [4.78, 5) is 16.4. The fourth-order valence-electron chi connectivity index (χ4n) is 2.55.